The highest BCUT2D eigenvalue weighted by atomic mass is 35.5. The first-order valence-corrected chi connectivity index (χ1v) is 7.27. The topological polar surface area (TPSA) is 63.5 Å². The van der Waals surface area contributed by atoms with Gasteiger partial charge in [0, 0.05) is 29.8 Å². The minimum atomic E-state index is -0.472. The van der Waals surface area contributed by atoms with Gasteiger partial charge in [0.25, 0.3) is 5.69 Å². The molecule has 1 saturated heterocycles. The molecule has 0 saturated carbocycles. The van der Waals surface area contributed by atoms with Crippen LogP contribution >= 0.6 is 0 Å². The summed E-state index contributed by atoms with van der Waals surface area (Å²) in [6, 6.07) is 5.70. The highest BCUT2D eigenvalue weighted by molar-refractivity contribution is 6.08. The molecule has 0 spiro atoms. The maximum absolute atomic E-state index is 12.3. The lowest BCUT2D eigenvalue weighted by Crippen LogP contribution is -3.00. The Balaban J connectivity index is 0.00000242. The Morgan fingerprint density at radius 3 is 2.18 bits per heavy atom. The smallest absolute Gasteiger partial charge is 0.269 e. The molecule has 120 valence electrons. The minimum Gasteiger partial charge on any atom is -1.00 e. The molecule has 5 nitrogen and oxygen atoms in total. The molecule has 0 amide bonds. The van der Waals surface area contributed by atoms with Gasteiger partial charge in [-0.1, -0.05) is 19.4 Å². The summed E-state index contributed by atoms with van der Waals surface area (Å²) >= 11 is 0. The van der Waals surface area contributed by atoms with Crippen LogP contribution in [0.15, 0.2) is 36.4 Å². The van der Waals surface area contributed by atoms with Crippen LogP contribution in [0.1, 0.15) is 36.0 Å². The number of nitro groups is 1. The van der Waals surface area contributed by atoms with E-state index in [0.29, 0.717) is 17.7 Å². The average Bonchev–Trinajstić information content (AvgIpc) is 2.75. The standard InChI is InChI=1S/C16H20N2O3.ClH/c1-13(12-17-10-4-2-3-5-11-17)16(19)14-6-8-15(9-7-14)18(20)21;/h6-9H,1-5,10-12H2;1H/p-1. The second-order valence-electron chi connectivity index (χ2n) is 5.43. The van der Waals surface area contributed by atoms with Crippen LogP contribution in [0.2, 0.25) is 0 Å². The maximum atomic E-state index is 12.3. The second-order valence-corrected chi connectivity index (χ2v) is 5.43. The third-order valence-corrected chi connectivity index (χ3v) is 3.77. The van der Waals surface area contributed by atoms with Crippen molar-refractivity contribution >= 4 is 11.5 Å². The molecular formula is C16H20ClN2O3-. The van der Waals surface area contributed by atoms with Crippen LogP contribution in [0.3, 0.4) is 0 Å². The zero-order chi connectivity index (χ0) is 15.2. The van der Waals surface area contributed by atoms with E-state index in [1.165, 1.54) is 49.9 Å². The molecule has 6 heteroatoms. The van der Waals surface area contributed by atoms with Gasteiger partial charge < -0.3 is 12.4 Å². The lowest BCUT2D eigenvalue weighted by Gasteiger charge is -2.20. The van der Waals surface area contributed by atoms with Gasteiger partial charge in [0.15, 0.2) is 5.78 Å². The number of hydrogen-bond acceptors (Lipinski definition) is 4. The molecule has 0 unspecified atom stereocenters. The Morgan fingerprint density at radius 2 is 1.68 bits per heavy atom. The molecule has 1 fully saturated rings. The summed E-state index contributed by atoms with van der Waals surface area (Å²) in [5.41, 5.74) is 0.996. The summed E-state index contributed by atoms with van der Waals surface area (Å²) < 4.78 is 0. The van der Waals surface area contributed by atoms with Crippen LogP contribution in [0, 0.1) is 10.1 Å². The summed E-state index contributed by atoms with van der Waals surface area (Å²) in [6.45, 7) is 6.48. The van der Waals surface area contributed by atoms with Crippen molar-refractivity contribution in [1.29, 1.82) is 0 Å². The molecular weight excluding hydrogens is 304 g/mol. The van der Waals surface area contributed by atoms with Gasteiger partial charge in [-0.05, 0) is 38.1 Å². The first-order valence-electron chi connectivity index (χ1n) is 7.27. The van der Waals surface area contributed by atoms with E-state index in [-0.39, 0.29) is 23.9 Å². The van der Waals surface area contributed by atoms with Gasteiger partial charge in [0.2, 0.25) is 0 Å². The molecule has 1 aliphatic rings. The van der Waals surface area contributed by atoms with E-state index in [1.807, 2.05) is 0 Å². The summed E-state index contributed by atoms with van der Waals surface area (Å²) in [6.07, 6.45) is 4.83. The number of halogens is 1. The van der Waals surface area contributed by atoms with E-state index in [1.54, 1.807) is 0 Å². The molecule has 1 aromatic rings. The van der Waals surface area contributed by atoms with Gasteiger partial charge >= 0.3 is 0 Å². The number of Topliss-reactive ketones (excluding diaryl/α,β-unsaturated/α-hetero) is 1. The van der Waals surface area contributed by atoms with Crippen molar-refractivity contribution in [3.8, 4) is 0 Å². The molecule has 1 heterocycles. The zero-order valence-electron chi connectivity index (χ0n) is 12.5. The Kier molecular flexibility index (Phi) is 7.21. The fourth-order valence-corrected chi connectivity index (χ4v) is 2.57. The van der Waals surface area contributed by atoms with Crippen molar-refractivity contribution in [2.75, 3.05) is 19.6 Å². The van der Waals surface area contributed by atoms with E-state index in [0.717, 1.165) is 13.1 Å². The van der Waals surface area contributed by atoms with Crippen LogP contribution < -0.4 is 12.4 Å². The van der Waals surface area contributed by atoms with Crippen molar-refractivity contribution in [3.63, 3.8) is 0 Å². The van der Waals surface area contributed by atoms with E-state index in [4.69, 9.17) is 0 Å². The largest absolute Gasteiger partial charge is 1.00 e. The SMILES string of the molecule is C=C(CN1CCCCCC1)C(=O)c1ccc([N+](=O)[O-])cc1.[Cl-]. The molecule has 1 aliphatic heterocycles. The van der Waals surface area contributed by atoms with Gasteiger partial charge in [-0.25, -0.2) is 0 Å². The third kappa shape index (κ3) is 4.93. The number of nitro benzene ring substituents is 1. The van der Waals surface area contributed by atoms with E-state index < -0.39 is 4.92 Å². The number of carbonyl (C=O) groups excluding carboxylic acids is 1. The summed E-state index contributed by atoms with van der Waals surface area (Å²) in [7, 11) is 0. The summed E-state index contributed by atoms with van der Waals surface area (Å²) in [5, 5.41) is 10.6. The van der Waals surface area contributed by atoms with Crippen LogP contribution in [-0.4, -0.2) is 35.2 Å². The fraction of sp³-hybridized carbons (Fsp3) is 0.438. The van der Waals surface area contributed by atoms with Crippen LogP contribution in [0.25, 0.3) is 0 Å². The van der Waals surface area contributed by atoms with Crippen molar-refractivity contribution in [3.05, 3.63) is 52.1 Å². The van der Waals surface area contributed by atoms with Crippen molar-refractivity contribution in [2.24, 2.45) is 0 Å². The number of ketones is 1. The maximum Gasteiger partial charge on any atom is 0.269 e. The Labute approximate surface area is 136 Å². The highest BCUT2D eigenvalue weighted by Gasteiger charge is 2.16. The molecule has 2 rings (SSSR count). The molecule has 1 aromatic carbocycles. The monoisotopic (exact) mass is 323 g/mol. The number of benzene rings is 1. The normalized spacial score (nSPS) is 15.5. The van der Waals surface area contributed by atoms with Crippen LogP contribution in [-0.2, 0) is 0 Å². The molecule has 0 aliphatic carbocycles. The Hall–Kier alpha value is -1.72. The van der Waals surface area contributed by atoms with Crippen molar-refractivity contribution < 1.29 is 22.1 Å². The number of non-ortho nitro benzene ring substituents is 1. The number of carbonyl (C=O) groups is 1. The minimum absolute atomic E-state index is 0. The number of likely N-dealkylation sites (tertiary alicyclic amines) is 1. The lowest BCUT2D eigenvalue weighted by molar-refractivity contribution is -0.384. The van der Waals surface area contributed by atoms with E-state index in [9.17, 15) is 14.9 Å². The van der Waals surface area contributed by atoms with Gasteiger partial charge in [-0.15, -0.1) is 0 Å². The van der Waals surface area contributed by atoms with Gasteiger partial charge in [0.05, 0.1) is 4.92 Å². The Morgan fingerprint density at radius 1 is 1.14 bits per heavy atom. The third-order valence-electron chi connectivity index (χ3n) is 3.77. The quantitative estimate of drug-likeness (QED) is 0.336. The molecule has 0 atom stereocenters. The zero-order valence-corrected chi connectivity index (χ0v) is 13.2. The molecule has 0 aromatic heterocycles. The van der Waals surface area contributed by atoms with E-state index >= 15 is 0 Å². The van der Waals surface area contributed by atoms with Gasteiger partial charge in [-0.3, -0.25) is 19.8 Å². The molecule has 0 bridgehead atoms. The molecule has 0 radical (unpaired) electrons. The average molecular weight is 324 g/mol. The predicted octanol–water partition coefficient (Wildman–Crippen LogP) is 0.214. The fourth-order valence-electron chi connectivity index (χ4n) is 2.57. The van der Waals surface area contributed by atoms with Crippen LogP contribution in [0.4, 0.5) is 5.69 Å². The van der Waals surface area contributed by atoms with Crippen molar-refractivity contribution in [2.45, 2.75) is 25.7 Å². The van der Waals surface area contributed by atoms with Crippen LogP contribution in [0.5, 0.6) is 0 Å². The van der Waals surface area contributed by atoms with Gasteiger partial charge in [-0.2, -0.15) is 0 Å². The number of rotatable bonds is 5. The molecule has 22 heavy (non-hydrogen) atoms. The molecule has 0 N–H and O–H groups in total. The number of nitrogens with zero attached hydrogens (tertiary/aromatic N) is 2. The predicted molar refractivity (Wildman–Crippen MR) is 81.5 cm³/mol. The Bertz CT molecular complexity index is 535. The summed E-state index contributed by atoms with van der Waals surface area (Å²) in [4.78, 5) is 24.7. The highest BCUT2D eigenvalue weighted by Crippen LogP contribution is 2.16. The lowest BCUT2D eigenvalue weighted by atomic mass is 10.0. The first kappa shape index (κ1) is 18.3. The number of hydrogen-bond donors (Lipinski definition) is 0. The second kappa shape index (κ2) is 8.66. The first-order chi connectivity index (χ1) is 10.1. The van der Waals surface area contributed by atoms with Crippen molar-refractivity contribution in [1.82, 2.24) is 4.90 Å². The van der Waals surface area contributed by atoms with E-state index in [2.05, 4.69) is 11.5 Å². The summed E-state index contributed by atoms with van der Waals surface area (Å²) in [5.74, 6) is -0.130. The van der Waals surface area contributed by atoms with Gasteiger partial charge in [0.1, 0.15) is 0 Å².